The molecule has 5 nitrogen and oxygen atoms in total. The molecule has 0 saturated carbocycles. The van der Waals surface area contributed by atoms with Gasteiger partial charge in [0.2, 0.25) is 0 Å². The first-order valence-electron chi connectivity index (χ1n) is 7.89. The molecule has 5 heteroatoms. The zero-order valence-corrected chi connectivity index (χ0v) is 13.3. The van der Waals surface area contributed by atoms with Crippen LogP contribution in [0.25, 0.3) is 10.9 Å². The van der Waals surface area contributed by atoms with Gasteiger partial charge in [0.25, 0.3) is 5.56 Å². The average Bonchev–Trinajstić information content (AvgIpc) is 2.57. The Morgan fingerprint density at radius 2 is 2.12 bits per heavy atom. The Hall–Kier alpha value is -2.97. The Balaban J connectivity index is 1.79. The summed E-state index contributed by atoms with van der Waals surface area (Å²) in [4.78, 5) is 21.4. The van der Waals surface area contributed by atoms with Crippen molar-refractivity contribution in [1.82, 2.24) is 19.9 Å². The summed E-state index contributed by atoms with van der Waals surface area (Å²) in [6.45, 7) is 0.966. The van der Waals surface area contributed by atoms with E-state index in [9.17, 15) is 4.79 Å². The smallest absolute Gasteiger partial charge is 0.261 e. The lowest BCUT2D eigenvalue weighted by Crippen LogP contribution is -2.39. The number of benzene rings is 1. The van der Waals surface area contributed by atoms with Gasteiger partial charge in [0, 0.05) is 18.8 Å². The molecule has 3 heterocycles. The number of nitrogens with one attached hydrogen (secondary N) is 1. The number of nitrogens with zero attached hydrogens (tertiary/aromatic N) is 3. The van der Waals surface area contributed by atoms with E-state index in [2.05, 4.69) is 22.1 Å². The lowest BCUT2D eigenvalue weighted by molar-refractivity contribution is 0.355. The third-order valence-electron chi connectivity index (χ3n) is 4.25. The van der Waals surface area contributed by atoms with E-state index in [1.54, 1.807) is 23.9 Å². The van der Waals surface area contributed by atoms with Crippen molar-refractivity contribution in [3.05, 3.63) is 70.0 Å². The van der Waals surface area contributed by atoms with E-state index in [1.807, 2.05) is 30.3 Å². The minimum Gasteiger partial charge on any atom is -0.307 e. The zero-order chi connectivity index (χ0) is 16.5. The highest BCUT2D eigenvalue weighted by atomic mass is 16.1. The fourth-order valence-electron chi connectivity index (χ4n) is 2.76. The van der Waals surface area contributed by atoms with E-state index in [0.717, 1.165) is 24.4 Å². The monoisotopic (exact) mass is 316 g/mol. The van der Waals surface area contributed by atoms with Gasteiger partial charge in [0.15, 0.2) is 0 Å². The Labute approximate surface area is 139 Å². The first-order chi connectivity index (χ1) is 11.7. The van der Waals surface area contributed by atoms with E-state index >= 15 is 0 Å². The van der Waals surface area contributed by atoms with Crippen molar-refractivity contribution in [1.29, 1.82) is 0 Å². The second-order valence-electron chi connectivity index (χ2n) is 5.83. The molecular formula is C19H16N4O. The summed E-state index contributed by atoms with van der Waals surface area (Å²) in [6.07, 6.45) is 2.72. The Bertz CT molecular complexity index is 1020. The summed E-state index contributed by atoms with van der Waals surface area (Å²) in [6, 6.07) is 11.3. The van der Waals surface area contributed by atoms with E-state index in [4.69, 9.17) is 4.98 Å². The molecule has 1 fully saturated rings. The summed E-state index contributed by atoms with van der Waals surface area (Å²) in [5.74, 6) is 6.90. The molecule has 4 rings (SSSR count). The molecule has 118 valence electrons. The molecule has 1 unspecified atom stereocenters. The number of hydrogen-bond donors (Lipinski definition) is 1. The Morgan fingerprint density at radius 1 is 1.25 bits per heavy atom. The van der Waals surface area contributed by atoms with Crippen LogP contribution in [-0.2, 0) is 7.05 Å². The van der Waals surface area contributed by atoms with Gasteiger partial charge in [-0.25, -0.2) is 9.97 Å². The predicted molar refractivity (Wildman–Crippen MR) is 92.6 cm³/mol. The van der Waals surface area contributed by atoms with Crippen molar-refractivity contribution < 1.29 is 0 Å². The van der Waals surface area contributed by atoms with E-state index in [-0.39, 0.29) is 11.6 Å². The normalized spacial score (nSPS) is 16.3. The molecule has 2 aromatic heterocycles. The van der Waals surface area contributed by atoms with Crippen LogP contribution in [0.15, 0.2) is 47.4 Å². The van der Waals surface area contributed by atoms with Gasteiger partial charge >= 0.3 is 0 Å². The maximum absolute atomic E-state index is 12.5. The number of rotatable bonds is 1. The van der Waals surface area contributed by atoms with Crippen molar-refractivity contribution in [3.8, 4) is 11.8 Å². The first kappa shape index (κ1) is 14.6. The molecule has 1 aliphatic heterocycles. The second kappa shape index (κ2) is 5.91. The Morgan fingerprint density at radius 3 is 2.83 bits per heavy atom. The van der Waals surface area contributed by atoms with Crippen LogP contribution in [-0.4, -0.2) is 21.1 Å². The maximum atomic E-state index is 12.5. The van der Waals surface area contributed by atoms with E-state index in [1.165, 1.54) is 0 Å². The number of hydrogen-bond acceptors (Lipinski definition) is 4. The number of fused-ring (bicyclic) bond motifs is 1. The summed E-state index contributed by atoms with van der Waals surface area (Å²) in [5.41, 5.74) is 2.21. The van der Waals surface area contributed by atoms with Gasteiger partial charge < -0.3 is 5.32 Å². The highest BCUT2D eigenvalue weighted by molar-refractivity contribution is 5.79. The van der Waals surface area contributed by atoms with Crippen LogP contribution < -0.4 is 10.9 Å². The predicted octanol–water partition coefficient (Wildman–Crippen LogP) is 1.76. The fraction of sp³-hybridized carbons (Fsp3) is 0.211. The number of pyridine rings is 1. The quantitative estimate of drug-likeness (QED) is 0.695. The minimum atomic E-state index is -0.0204. The summed E-state index contributed by atoms with van der Waals surface area (Å²) in [7, 11) is 1.78. The molecule has 1 N–H and O–H groups in total. The van der Waals surface area contributed by atoms with Gasteiger partial charge in [-0.05, 0) is 49.2 Å². The lowest BCUT2D eigenvalue weighted by Gasteiger charge is -2.28. The molecular weight excluding hydrogens is 300 g/mol. The van der Waals surface area contributed by atoms with Gasteiger partial charge in [-0.15, -0.1) is 0 Å². The molecule has 1 saturated heterocycles. The van der Waals surface area contributed by atoms with Crippen molar-refractivity contribution in [2.24, 2.45) is 7.05 Å². The van der Waals surface area contributed by atoms with Gasteiger partial charge in [-0.1, -0.05) is 12.0 Å². The molecule has 0 aliphatic carbocycles. The third-order valence-corrected chi connectivity index (χ3v) is 4.25. The summed E-state index contributed by atoms with van der Waals surface area (Å²) in [5, 5.41) is 3.91. The SMILES string of the molecule is Cn1c(C2CCN2)nc2cc(C#Cc3ccccn3)ccc2c1=O. The van der Waals surface area contributed by atoms with Crippen LogP contribution in [0, 0.1) is 11.8 Å². The van der Waals surface area contributed by atoms with Gasteiger partial charge in [-0.3, -0.25) is 9.36 Å². The molecule has 1 aromatic carbocycles. The highest BCUT2D eigenvalue weighted by Crippen LogP contribution is 2.21. The summed E-state index contributed by atoms with van der Waals surface area (Å²) >= 11 is 0. The largest absolute Gasteiger partial charge is 0.307 e. The van der Waals surface area contributed by atoms with Crippen molar-refractivity contribution in [2.75, 3.05) is 6.54 Å². The average molecular weight is 316 g/mol. The molecule has 1 atom stereocenters. The third kappa shape index (κ3) is 2.57. The first-order valence-corrected chi connectivity index (χ1v) is 7.89. The molecule has 0 radical (unpaired) electrons. The van der Waals surface area contributed by atoms with Crippen molar-refractivity contribution in [2.45, 2.75) is 12.5 Å². The van der Waals surface area contributed by atoms with Crippen LogP contribution in [0.2, 0.25) is 0 Å². The molecule has 0 bridgehead atoms. The lowest BCUT2D eigenvalue weighted by atomic mass is 10.1. The van der Waals surface area contributed by atoms with E-state index in [0.29, 0.717) is 16.6 Å². The number of aromatic nitrogens is 3. The maximum Gasteiger partial charge on any atom is 0.261 e. The van der Waals surface area contributed by atoms with Crippen LogP contribution in [0.1, 0.15) is 29.5 Å². The highest BCUT2D eigenvalue weighted by Gasteiger charge is 2.23. The molecule has 0 spiro atoms. The van der Waals surface area contributed by atoms with Gasteiger partial charge in [0.1, 0.15) is 11.5 Å². The van der Waals surface area contributed by atoms with Crippen LogP contribution in [0.4, 0.5) is 0 Å². The van der Waals surface area contributed by atoms with Gasteiger partial charge in [-0.2, -0.15) is 0 Å². The fourth-order valence-corrected chi connectivity index (χ4v) is 2.76. The summed E-state index contributed by atoms with van der Waals surface area (Å²) < 4.78 is 1.64. The molecule has 3 aromatic rings. The van der Waals surface area contributed by atoms with Crippen LogP contribution >= 0.6 is 0 Å². The molecule has 24 heavy (non-hydrogen) atoms. The van der Waals surface area contributed by atoms with Crippen LogP contribution in [0.3, 0.4) is 0 Å². The standard InChI is InChI=1S/C19H16N4O/c1-23-18(16-9-11-21-16)22-17-12-13(6-8-15(17)19(23)24)5-7-14-4-2-3-10-20-14/h2-4,6,8,10,12,16,21H,9,11H2,1H3. The zero-order valence-electron chi connectivity index (χ0n) is 13.3. The van der Waals surface area contributed by atoms with Gasteiger partial charge in [0.05, 0.1) is 16.9 Å². The minimum absolute atomic E-state index is 0.0204. The topological polar surface area (TPSA) is 59.8 Å². The second-order valence-corrected chi connectivity index (χ2v) is 5.83. The Kier molecular flexibility index (Phi) is 3.60. The van der Waals surface area contributed by atoms with Crippen molar-refractivity contribution in [3.63, 3.8) is 0 Å². The van der Waals surface area contributed by atoms with Crippen molar-refractivity contribution >= 4 is 10.9 Å². The molecule has 0 amide bonds. The van der Waals surface area contributed by atoms with E-state index < -0.39 is 0 Å². The molecule has 1 aliphatic rings. The van der Waals surface area contributed by atoms with Crippen LogP contribution in [0.5, 0.6) is 0 Å².